The van der Waals surface area contributed by atoms with Gasteiger partial charge in [0.1, 0.15) is 5.75 Å². The molecule has 0 saturated carbocycles. The number of aryl methyl sites for hydroxylation is 2. The number of hydrogen-bond donors (Lipinski definition) is 1. The van der Waals surface area contributed by atoms with Crippen LogP contribution in [0, 0.1) is 6.92 Å². The summed E-state index contributed by atoms with van der Waals surface area (Å²) in [4.78, 5) is 0. The first-order valence-electron chi connectivity index (χ1n) is 7.82. The molecular formula is C19H22ClNO. The number of fused-ring (bicyclic) bond motifs is 1. The van der Waals surface area contributed by atoms with Crippen molar-refractivity contribution >= 4 is 11.6 Å². The zero-order valence-electron chi connectivity index (χ0n) is 13.2. The normalized spacial score (nSPS) is 17.1. The number of benzene rings is 2. The third kappa shape index (κ3) is 3.29. The van der Waals surface area contributed by atoms with Crippen LogP contribution < -0.4 is 10.1 Å². The van der Waals surface area contributed by atoms with Crippen LogP contribution >= 0.6 is 11.6 Å². The Morgan fingerprint density at radius 2 is 2.00 bits per heavy atom. The predicted molar refractivity (Wildman–Crippen MR) is 92.0 cm³/mol. The van der Waals surface area contributed by atoms with Crippen molar-refractivity contribution in [1.82, 2.24) is 5.32 Å². The van der Waals surface area contributed by atoms with Crippen molar-refractivity contribution in [3.05, 3.63) is 63.7 Å². The molecule has 1 N–H and O–H groups in total. The van der Waals surface area contributed by atoms with E-state index in [0.717, 1.165) is 36.6 Å². The van der Waals surface area contributed by atoms with Crippen LogP contribution in [0.25, 0.3) is 0 Å². The van der Waals surface area contributed by atoms with Gasteiger partial charge in [0.2, 0.25) is 0 Å². The molecule has 0 fully saturated rings. The number of nitrogens with one attached hydrogen (secondary N) is 1. The Morgan fingerprint density at radius 1 is 1.23 bits per heavy atom. The molecule has 1 heterocycles. The smallest absolute Gasteiger partial charge is 0.122 e. The summed E-state index contributed by atoms with van der Waals surface area (Å²) in [6.07, 6.45) is 3.23. The number of methoxy groups -OCH3 is 1. The molecule has 1 atom stereocenters. The van der Waals surface area contributed by atoms with E-state index < -0.39 is 0 Å². The second-order valence-electron chi connectivity index (χ2n) is 5.94. The fourth-order valence-electron chi connectivity index (χ4n) is 3.24. The van der Waals surface area contributed by atoms with Crippen LogP contribution in [-0.4, -0.2) is 13.7 Å². The Labute approximate surface area is 137 Å². The van der Waals surface area contributed by atoms with Crippen molar-refractivity contribution in [3.63, 3.8) is 0 Å². The van der Waals surface area contributed by atoms with E-state index in [1.165, 1.54) is 22.3 Å². The van der Waals surface area contributed by atoms with E-state index in [1.54, 1.807) is 7.11 Å². The van der Waals surface area contributed by atoms with E-state index in [-0.39, 0.29) is 0 Å². The summed E-state index contributed by atoms with van der Waals surface area (Å²) in [6, 6.07) is 13.0. The molecule has 1 unspecified atom stereocenters. The summed E-state index contributed by atoms with van der Waals surface area (Å²) in [5.74, 6) is 0.985. The molecule has 3 heteroatoms. The molecular weight excluding hydrogens is 294 g/mol. The highest BCUT2D eigenvalue weighted by molar-refractivity contribution is 6.30. The minimum Gasteiger partial charge on any atom is -0.496 e. The Hall–Kier alpha value is -1.51. The van der Waals surface area contributed by atoms with Gasteiger partial charge >= 0.3 is 0 Å². The van der Waals surface area contributed by atoms with E-state index in [2.05, 4.69) is 36.5 Å². The van der Waals surface area contributed by atoms with Gasteiger partial charge in [-0.1, -0.05) is 29.8 Å². The van der Waals surface area contributed by atoms with E-state index in [1.807, 2.05) is 12.1 Å². The molecule has 0 saturated heterocycles. The molecule has 0 aromatic heterocycles. The maximum absolute atomic E-state index is 5.95. The molecule has 2 nitrogen and oxygen atoms in total. The molecule has 0 radical (unpaired) electrons. The summed E-state index contributed by atoms with van der Waals surface area (Å²) in [6.45, 7) is 3.16. The minimum atomic E-state index is 0.397. The van der Waals surface area contributed by atoms with Crippen molar-refractivity contribution < 1.29 is 4.74 Å². The molecule has 0 aliphatic carbocycles. The first-order chi connectivity index (χ1) is 10.7. The monoisotopic (exact) mass is 315 g/mol. The Kier molecular flexibility index (Phi) is 4.70. The lowest BCUT2D eigenvalue weighted by Crippen LogP contribution is -2.30. The molecule has 22 heavy (non-hydrogen) atoms. The number of halogens is 1. The second kappa shape index (κ2) is 6.72. The maximum Gasteiger partial charge on any atom is 0.122 e. The average Bonchev–Trinajstić information content (AvgIpc) is 2.53. The third-order valence-electron chi connectivity index (χ3n) is 4.45. The summed E-state index contributed by atoms with van der Waals surface area (Å²) in [5.41, 5.74) is 5.40. The van der Waals surface area contributed by atoms with Gasteiger partial charge < -0.3 is 10.1 Å². The Balaban J connectivity index is 1.77. The number of rotatable bonds is 4. The lowest BCUT2D eigenvalue weighted by molar-refractivity contribution is 0.406. The standard InChI is InChI=1S/C19H22ClNO/c1-13-11-15-9-10-21-18(17(15)12-19(13)22-2)8-5-14-3-6-16(20)7-4-14/h3-4,6-7,11-12,18,21H,5,8-10H2,1-2H3. The first kappa shape index (κ1) is 15.4. The minimum absolute atomic E-state index is 0.397. The fraction of sp³-hybridized carbons (Fsp3) is 0.368. The van der Waals surface area contributed by atoms with Crippen molar-refractivity contribution in [3.8, 4) is 5.75 Å². The number of ether oxygens (including phenoxy) is 1. The Morgan fingerprint density at radius 3 is 2.73 bits per heavy atom. The third-order valence-corrected chi connectivity index (χ3v) is 4.70. The van der Waals surface area contributed by atoms with Crippen LogP contribution in [0.15, 0.2) is 36.4 Å². The summed E-state index contributed by atoms with van der Waals surface area (Å²) < 4.78 is 5.49. The highest BCUT2D eigenvalue weighted by Gasteiger charge is 2.21. The van der Waals surface area contributed by atoms with Crippen molar-refractivity contribution in [1.29, 1.82) is 0 Å². The van der Waals surface area contributed by atoms with Gasteiger partial charge in [-0.15, -0.1) is 0 Å². The fourth-order valence-corrected chi connectivity index (χ4v) is 3.36. The lowest BCUT2D eigenvalue weighted by atomic mass is 9.89. The predicted octanol–water partition coefficient (Wildman–Crippen LogP) is 4.48. The average molecular weight is 316 g/mol. The molecule has 0 amide bonds. The van der Waals surface area contributed by atoms with Crippen LogP contribution in [0.3, 0.4) is 0 Å². The quantitative estimate of drug-likeness (QED) is 0.898. The van der Waals surface area contributed by atoms with Gasteiger partial charge in [-0.2, -0.15) is 0 Å². The van der Waals surface area contributed by atoms with E-state index >= 15 is 0 Å². The summed E-state index contributed by atoms with van der Waals surface area (Å²) >= 11 is 5.95. The zero-order valence-corrected chi connectivity index (χ0v) is 13.9. The van der Waals surface area contributed by atoms with Gasteiger partial charge in [-0.3, -0.25) is 0 Å². The van der Waals surface area contributed by atoms with Gasteiger partial charge in [0.05, 0.1) is 7.11 Å². The van der Waals surface area contributed by atoms with Gasteiger partial charge in [0, 0.05) is 11.1 Å². The van der Waals surface area contributed by atoms with Crippen molar-refractivity contribution in [2.24, 2.45) is 0 Å². The van der Waals surface area contributed by atoms with Gasteiger partial charge in [0.15, 0.2) is 0 Å². The first-order valence-corrected chi connectivity index (χ1v) is 8.20. The molecule has 0 spiro atoms. The molecule has 0 bridgehead atoms. The van der Waals surface area contributed by atoms with E-state index in [4.69, 9.17) is 16.3 Å². The molecule has 1 aliphatic heterocycles. The van der Waals surface area contributed by atoms with Crippen LogP contribution in [0.4, 0.5) is 0 Å². The molecule has 2 aromatic rings. The highest BCUT2D eigenvalue weighted by Crippen LogP contribution is 2.32. The van der Waals surface area contributed by atoms with Crippen molar-refractivity contribution in [2.75, 3.05) is 13.7 Å². The zero-order chi connectivity index (χ0) is 15.5. The SMILES string of the molecule is COc1cc2c(cc1C)CCNC2CCc1ccc(Cl)cc1. The molecule has 3 rings (SSSR count). The Bertz CT molecular complexity index is 651. The maximum atomic E-state index is 5.95. The van der Waals surface area contributed by atoms with E-state index in [9.17, 15) is 0 Å². The molecule has 2 aromatic carbocycles. The van der Waals surface area contributed by atoms with Crippen LogP contribution in [0.2, 0.25) is 5.02 Å². The number of hydrogen-bond acceptors (Lipinski definition) is 2. The summed E-state index contributed by atoms with van der Waals surface area (Å²) in [5, 5.41) is 4.44. The van der Waals surface area contributed by atoms with Gasteiger partial charge in [-0.05, 0) is 73.2 Å². The second-order valence-corrected chi connectivity index (χ2v) is 6.38. The van der Waals surface area contributed by atoms with Crippen molar-refractivity contribution in [2.45, 2.75) is 32.2 Å². The van der Waals surface area contributed by atoms with Crippen LogP contribution in [0.5, 0.6) is 5.75 Å². The topological polar surface area (TPSA) is 21.3 Å². The molecule has 1 aliphatic rings. The highest BCUT2D eigenvalue weighted by atomic mass is 35.5. The van der Waals surface area contributed by atoms with Gasteiger partial charge in [0.25, 0.3) is 0 Å². The van der Waals surface area contributed by atoms with Crippen LogP contribution in [0.1, 0.15) is 34.7 Å². The largest absolute Gasteiger partial charge is 0.496 e. The summed E-state index contributed by atoms with van der Waals surface area (Å²) in [7, 11) is 1.74. The van der Waals surface area contributed by atoms with Gasteiger partial charge in [-0.25, -0.2) is 0 Å². The lowest BCUT2D eigenvalue weighted by Gasteiger charge is -2.28. The molecule has 116 valence electrons. The van der Waals surface area contributed by atoms with E-state index in [0.29, 0.717) is 6.04 Å². The van der Waals surface area contributed by atoms with Crippen LogP contribution in [-0.2, 0) is 12.8 Å².